The van der Waals surface area contributed by atoms with Gasteiger partial charge >= 0.3 is 5.97 Å². The first-order valence-electron chi connectivity index (χ1n) is 4.77. The number of rotatable bonds is 6. The molecule has 2 unspecified atom stereocenters. The minimum atomic E-state index is -1.01. The van der Waals surface area contributed by atoms with Gasteiger partial charge in [-0.1, -0.05) is 0 Å². The molecule has 0 aromatic carbocycles. The van der Waals surface area contributed by atoms with Crippen molar-refractivity contribution in [1.29, 1.82) is 0 Å². The molecule has 5 nitrogen and oxygen atoms in total. The molecule has 5 heteroatoms. The Labute approximate surface area is 82.5 Å². The lowest BCUT2D eigenvalue weighted by Crippen LogP contribution is -2.34. The van der Waals surface area contributed by atoms with E-state index in [1.807, 2.05) is 0 Å². The normalized spacial score (nSPS) is 20.1. The highest BCUT2D eigenvalue weighted by Crippen LogP contribution is 2.40. The van der Waals surface area contributed by atoms with Crippen molar-refractivity contribution in [1.82, 2.24) is 0 Å². The second-order valence-corrected chi connectivity index (χ2v) is 3.95. The molecule has 2 atom stereocenters. The summed E-state index contributed by atoms with van der Waals surface area (Å²) in [7, 11) is 0. The number of primary amides is 1. The molecule has 1 saturated carbocycles. The topological polar surface area (TPSA) is 106 Å². The molecule has 5 N–H and O–H groups in total. The highest BCUT2D eigenvalue weighted by molar-refractivity contribution is 5.75. The van der Waals surface area contributed by atoms with Crippen LogP contribution >= 0.6 is 0 Å². The quantitative estimate of drug-likeness (QED) is 0.546. The van der Waals surface area contributed by atoms with Crippen molar-refractivity contribution in [2.24, 2.45) is 23.3 Å². The number of hydrogen-bond donors (Lipinski definition) is 3. The number of amides is 1. The lowest BCUT2D eigenvalue weighted by atomic mass is 9.92. The van der Waals surface area contributed by atoms with Gasteiger partial charge in [0.25, 0.3) is 0 Å². The molecule has 0 heterocycles. The maximum Gasteiger partial charge on any atom is 0.320 e. The van der Waals surface area contributed by atoms with E-state index in [4.69, 9.17) is 16.6 Å². The van der Waals surface area contributed by atoms with Crippen LogP contribution in [0.3, 0.4) is 0 Å². The smallest absolute Gasteiger partial charge is 0.320 e. The maximum atomic E-state index is 10.7. The molecule has 14 heavy (non-hydrogen) atoms. The third-order valence-electron chi connectivity index (χ3n) is 2.63. The maximum absolute atomic E-state index is 10.7. The first-order valence-corrected chi connectivity index (χ1v) is 4.77. The second kappa shape index (κ2) is 4.41. The fraction of sp³-hybridized carbons (Fsp3) is 0.778. The summed E-state index contributed by atoms with van der Waals surface area (Å²) < 4.78 is 0. The number of carbonyl (C=O) groups excluding carboxylic acids is 1. The molecular weight excluding hydrogens is 184 g/mol. The van der Waals surface area contributed by atoms with Gasteiger partial charge < -0.3 is 16.6 Å². The summed E-state index contributed by atoms with van der Waals surface area (Å²) in [4.78, 5) is 21.2. The molecule has 0 spiro atoms. The molecule has 0 aliphatic heterocycles. The van der Waals surface area contributed by atoms with Crippen LogP contribution in [0.25, 0.3) is 0 Å². The lowest BCUT2D eigenvalue weighted by Gasteiger charge is -2.16. The van der Waals surface area contributed by atoms with E-state index < -0.39 is 12.0 Å². The molecule has 1 aliphatic rings. The van der Waals surface area contributed by atoms with Crippen molar-refractivity contribution in [3.63, 3.8) is 0 Å². The summed E-state index contributed by atoms with van der Waals surface area (Å²) in [5, 5.41) is 8.63. The Kier molecular flexibility index (Phi) is 3.46. The molecule has 0 bridgehead atoms. The van der Waals surface area contributed by atoms with Crippen molar-refractivity contribution in [2.75, 3.05) is 0 Å². The zero-order valence-electron chi connectivity index (χ0n) is 7.98. The molecule has 80 valence electrons. The molecule has 0 aromatic rings. The Balaban J connectivity index is 2.42. The van der Waals surface area contributed by atoms with Crippen molar-refractivity contribution >= 4 is 11.9 Å². The van der Waals surface area contributed by atoms with Gasteiger partial charge in [-0.2, -0.15) is 0 Å². The number of hydrogen-bond acceptors (Lipinski definition) is 3. The van der Waals surface area contributed by atoms with Crippen LogP contribution in [0, 0.1) is 11.8 Å². The number of carbonyl (C=O) groups is 2. The van der Waals surface area contributed by atoms with Crippen molar-refractivity contribution in [3.05, 3.63) is 0 Å². The van der Waals surface area contributed by atoms with Crippen molar-refractivity contribution < 1.29 is 14.7 Å². The van der Waals surface area contributed by atoms with Crippen LogP contribution in [0.4, 0.5) is 0 Å². The van der Waals surface area contributed by atoms with Gasteiger partial charge in [0.2, 0.25) is 5.91 Å². The highest BCUT2D eigenvalue weighted by Gasteiger charge is 2.34. The summed E-state index contributed by atoms with van der Waals surface area (Å²) in [6.45, 7) is 0. The van der Waals surface area contributed by atoms with Crippen LogP contribution < -0.4 is 11.5 Å². The molecule has 1 fully saturated rings. The summed E-state index contributed by atoms with van der Waals surface area (Å²) in [5.74, 6) is -0.883. The van der Waals surface area contributed by atoms with Gasteiger partial charge in [-0.15, -0.1) is 0 Å². The lowest BCUT2D eigenvalue weighted by molar-refractivity contribution is -0.139. The van der Waals surface area contributed by atoms with Gasteiger partial charge in [-0.05, 0) is 31.1 Å². The van der Waals surface area contributed by atoms with Crippen LogP contribution in [0.1, 0.15) is 25.7 Å². The molecule has 0 radical (unpaired) electrons. The number of carboxylic acids is 1. The average Bonchev–Trinajstić information content (AvgIpc) is 2.83. The molecular formula is C9H16N2O3. The standard InChI is InChI=1S/C9H16N2O3/c10-7(9(13)14)3-6(4-8(11)12)5-1-2-5/h5-7H,1-4,10H2,(H2,11,12)(H,13,14). The van der Waals surface area contributed by atoms with Crippen molar-refractivity contribution in [2.45, 2.75) is 31.7 Å². The van der Waals surface area contributed by atoms with Crippen LogP contribution in [0.2, 0.25) is 0 Å². The van der Waals surface area contributed by atoms with Crippen molar-refractivity contribution in [3.8, 4) is 0 Å². The van der Waals surface area contributed by atoms with E-state index in [0.29, 0.717) is 12.3 Å². The SMILES string of the molecule is NC(=O)CC(CC(N)C(=O)O)C1CC1. The fourth-order valence-corrected chi connectivity index (χ4v) is 1.70. The first kappa shape index (κ1) is 11.0. The Bertz CT molecular complexity index is 238. The Morgan fingerprint density at radius 3 is 2.36 bits per heavy atom. The second-order valence-electron chi connectivity index (χ2n) is 3.95. The largest absolute Gasteiger partial charge is 0.480 e. The van der Waals surface area contributed by atoms with Crippen LogP contribution in [-0.4, -0.2) is 23.0 Å². The van der Waals surface area contributed by atoms with E-state index in [0.717, 1.165) is 12.8 Å². The molecule has 1 amide bonds. The Morgan fingerprint density at radius 2 is 2.00 bits per heavy atom. The van der Waals surface area contributed by atoms with Gasteiger partial charge in [-0.25, -0.2) is 0 Å². The summed E-state index contributed by atoms with van der Waals surface area (Å²) in [6.07, 6.45) is 2.73. The fourth-order valence-electron chi connectivity index (χ4n) is 1.70. The average molecular weight is 200 g/mol. The minimum Gasteiger partial charge on any atom is -0.480 e. The van der Waals surface area contributed by atoms with E-state index in [1.54, 1.807) is 0 Å². The van der Waals surface area contributed by atoms with E-state index in [-0.39, 0.29) is 18.2 Å². The zero-order chi connectivity index (χ0) is 10.7. The molecule has 0 aromatic heterocycles. The number of aliphatic carboxylic acids is 1. The first-order chi connectivity index (χ1) is 6.50. The van der Waals surface area contributed by atoms with E-state index in [2.05, 4.69) is 0 Å². The van der Waals surface area contributed by atoms with Crippen LogP contribution in [-0.2, 0) is 9.59 Å². The number of nitrogens with two attached hydrogens (primary N) is 2. The van der Waals surface area contributed by atoms with Gasteiger partial charge in [0.05, 0.1) is 0 Å². The Morgan fingerprint density at radius 1 is 1.43 bits per heavy atom. The monoisotopic (exact) mass is 200 g/mol. The van der Waals surface area contributed by atoms with E-state index in [9.17, 15) is 9.59 Å². The summed E-state index contributed by atoms with van der Waals surface area (Å²) in [6, 6.07) is -0.875. The summed E-state index contributed by atoms with van der Waals surface area (Å²) in [5.41, 5.74) is 10.5. The number of carboxylic acid groups (broad SMARTS) is 1. The molecule has 0 saturated heterocycles. The van der Waals surface area contributed by atoms with Crippen LogP contribution in [0.5, 0.6) is 0 Å². The van der Waals surface area contributed by atoms with E-state index in [1.165, 1.54) is 0 Å². The predicted octanol–water partition coefficient (Wildman–Crippen LogP) is -0.310. The third-order valence-corrected chi connectivity index (χ3v) is 2.63. The summed E-state index contributed by atoms with van der Waals surface area (Å²) >= 11 is 0. The zero-order valence-corrected chi connectivity index (χ0v) is 7.98. The highest BCUT2D eigenvalue weighted by atomic mass is 16.4. The van der Waals surface area contributed by atoms with Crippen LogP contribution in [0.15, 0.2) is 0 Å². The van der Waals surface area contributed by atoms with Gasteiger partial charge in [0.1, 0.15) is 6.04 Å². The Hall–Kier alpha value is -1.10. The minimum absolute atomic E-state index is 0.0543. The molecule has 1 rings (SSSR count). The molecule has 1 aliphatic carbocycles. The third kappa shape index (κ3) is 3.33. The predicted molar refractivity (Wildman–Crippen MR) is 50.3 cm³/mol. The van der Waals surface area contributed by atoms with Gasteiger partial charge in [-0.3, -0.25) is 9.59 Å². The van der Waals surface area contributed by atoms with E-state index >= 15 is 0 Å². The van der Waals surface area contributed by atoms with Gasteiger partial charge in [0, 0.05) is 6.42 Å². The van der Waals surface area contributed by atoms with Gasteiger partial charge in [0.15, 0.2) is 0 Å².